The summed E-state index contributed by atoms with van der Waals surface area (Å²) in [5.74, 6) is 7.15. The molecule has 3 N–H and O–H groups in total. The van der Waals surface area contributed by atoms with E-state index in [1.54, 1.807) is 12.4 Å². The number of imidazole rings is 1. The summed E-state index contributed by atoms with van der Waals surface area (Å²) in [6, 6.07) is 3.73. The fraction of sp³-hybridized carbons (Fsp3) is 0.286. The first-order valence-electron chi connectivity index (χ1n) is 7.31. The number of morpholine rings is 1. The number of aromatic nitrogens is 5. The van der Waals surface area contributed by atoms with Crippen molar-refractivity contribution < 1.29 is 4.74 Å². The molecule has 3 aromatic heterocycles. The molecule has 9 nitrogen and oxygen atoms in total. The molecule has 0 radical (unpaired) electrons. The zero-order valence-corrected chi connectivity index (χ0v) is 12.4. The Bertz CT molecular complexity index is 812. The molecule has 1 aliphatic rings. The second-order valence-corrected chi connectivity index (χ2v) is 5.16. The summed E-state index contributed by atoms with van der Waals surface area (Å²) in [6.45, 7) is 2.82. The van der Waals surface area contributed by atoms with Crippen LogP contribution in [0.5, 0.6) is 0 Å². The van der Waals surface area contributed by atoms with Gasteiger partial charge in [-0.3, -0.25) is 4.98 Å². The van der Waals surface area contributed by atoms with Gasteiger partial charge in [-0.2, -0.15) is 9.97 Å². The molecule has 0 saturated carbocycles. The van der Waals surface area contributed by atoms with E-state index in [-0.39, 0.29) is 0 Å². The van der Waals surface area contributed by atoms with Crippen LogP contribution >= 0.6 is 0 Å². The Kier molecular flexibility index (Phi) is 3.39. The van der Waals surface area contributed by atoms with Gasteiger partial charge >= 0.3 is 0 Å². The van der Waals surface area contributed by atoms with Crippen LogP contribution in [0, 0.1) is 0 Å². The molecule has 0 bridgehead atoms. The van der Waals surface area contributed by atoms with E-state index in [4.69, 9.17) is 10.6 Å². The van der Waals surface area contributed by atoms with Crippen molar-refractivity contribution >= 4 is 28.6 Å². The van der Waals surface area contributed by atoms with Gasteiger partial charge in [-0.25, -0.2) is 9.66 Å². The van der Waals surface area contributed by atoms with E-state index in [1.807, 2.05) is 12.1 Å². The van der Waals surface area contributed by atoms with E-state index in [9.17, 15) is 0 Å². The van der Waals surface area contributed by atoms with Crippen LogP contribution in [-0.4, -0.2) is 50.9 Å². The van der Waals surface area contributed by atoms with Gasteiger partial charge in [-0.15, -0.1) is 0 Å². The maximum atomic E-state index is 5.92. The Hall–Kier alpha value is -2.94. The third kappa shape index (κ3) is 2.61. The summed E-state index contributed by atoms with van der Waals surface area (Å²) in [6.07, 6.45) is 4.95. The number of pyridine rings is 1. The lowest BCUT2D eigenvalue weighted by molar-refractivity contribution is 0.122. The van der Waals surface area contributed by atoms with Crippen molar-refractivity contribution in [3.63, 3.8) is 0 Å². The van der Waals surface area contributed by atoms with E-state index >= 15 is 0 Å². The van der Waals surface area contributed by atoms with Crippen LogP contribution in [0.3, 0.4) is 0 Å². The Morgan fingerprint density at radius 1 is 1.13 bits per heavy atom. The highest BCUT2D eigenvalue weighted by atomic mass is 16.5. The van der Waals surface area contributed by atoms with Gasteiger partial charge in [0.05, 0.1) is 13.2 Å². The van der Waals surface area contributed by atoms with Gasteiger partial charge in [0.1, 0.15) is 6.33 Å². The quantitative estimate of drug-likeness (QED) is 0.674. The van der Waals surface area contributed by atoms with Gasteiger partial charge in [0.25, 0.3) is 0 Å². The Labute approximate surface area is 132 Å². The van der Waals surface area contributed by atoms with Gasteiger partial charge in [-0.1, -0.05) is 0 Å². The lowest BCUT2D eigenvalue weighted by Crippen LogP contribution is -2.37. The minimum Gasteiger partial charge on any atom is -0.378 e. The van der Waals surface area contributed by atoms with Crippen LogP contribution in [0.1, 0.15) is 0 Å². The van der Waals surface area contributed by atoms with Gasteiger partial charge < -0.3 is 20.8 Å². The molecule has 1 fully saturated rings. The highest BCUT2D eigenvalue weighted by Gasteiger charge is 2.19. The fourth-order valence-corrected chi connectivity index (χ4v) is 2.47. The molecule has 9 heteroatoms. The minimum atomic E-state index is 0.582. The standard InChI is InChI=1S/C14H16N8O/c15-22-9-17-11-12(18-10-1-3-16-4-2-10)19-14(20-13(11)22)21-5-7-23-8-6-21/h1-4,9H,5-8,15H2,(H,16,18,19,20). The number of anilines is 3. The first-order valence-corrected chi connectivity index (χ1v) is 7.31. The second kappa shape index (κ2) is 5.69. The largest absolute Gasteiger partial charge is 0.378 e. The molecule has 0 aliphatic carbocycles. The van der Waals surface area contributed by atoms with Crippen LogP contribution in [0.25, 0.3) is 11.2 Å². The number of hydrogen-bond acceptors (Lipinski definition) is 8. The molecule has 0 amide bonds. The summed E-state index contributed by atoms with van der Waals surface area (Å²) in [4.78, 5) is 19.6. The van der Waals surface area contributed by atoms with Crippen LogP contribution in [-0.2, 0) is 4.74 Å². The maximum Gasteiger partial charge on any atom is 0.229 e. The molecular formula is C14H16N8O. The summed E-state index contributed by atoms with van der Waals surface area (Å²) < 4.78 is 6.78. The van der Waals surface area contributed by atoms with E-state index in [2.05, 4.69) is 30.2 Å². The molecule has 1 aliphatic heterocycles. The molecule has 0 atom stereocenters. The molecule has 1 saturated heterocycles. The van der Waals surface area contributed by atoms with E-state index in [0.29, 0.717) is 36.1 Å². The van der Waals surface area contributed by atoms with Crippen molar-refractivity contribution in [2.45, 2.75) is 0 Å². The van der Waals surface area contributed by atoms with E-state index < -0.39 is 0 Å². The van der Waals surface area contributed by atoms with Gasteiger partial charge in [0.15, 0.2) is 17.0 Å². The maximum absolute atomic E-state index is 5.92. The molecule has 4 heterocycles. The van der Waals surface area contributed by atoms with Crippen LogP contribution in [0.15, 0.2) is 30.9 Å². The minimum absolute atomic E-state index is 0.582. The molecule has 23 heavy (non-hydrogen) atoms. The summed E-state index contributed by atoms with van der Waals surface area (Å²) >= 11 is 0. The highest BCUT2D eigenvalue weighted by molar-refractivity contribution is 5.86. The van der Waals surface area contributed by atoms with Crippen molar-refractivity contribution in [2.24, 2.45) is 0 Å². The van der Waals surface area contributed by atoms with Crippen LogP contribution in [0.4, 0.5) is 17.5 Å². The Balaban J connectivity index is 1.78. The fourth-order valence-electron chi connectivity index (χ4n) is 2.47. The van der Waals surface area contributed by atoms with Gasteiger partial charge in [-0.05, 0) is 12.1 Å². The highest BCUT2D eigenvalue weighted by Crippen LogP contribution is 2.24. The topological polar surface area (TPSA) is 107 Å². The zero-order chi connectivity index (χ0) is 15.6. The average Bonchev–Trinajstić information content (AvgIpc) is 2.98. The SMILES string of the molecule is Nn1cnc2c(Nc3ccncc3)nc(N3CCOCC3)nc21. The Morgan fingerprint density at radius 2 is 1.91 bits per heavy atom. The summed E-state index contributed by atoms with van der Waals surface area (Å²) in [7, 11) is 0. The third-order valence-corrected chi connectivity index (χ3v) is 3.65. The van der Waals surface area contributed by atoms with Gasteiger partial charge in [0, 0.05) is 31.2 Å². The van der Waals surface area contributed by atoms with Crippen molar-refractivity contribution in [3.05, 3.63) is 30.9 Å². The number of nitrogens with two attached hydrogens (primary N) is 1. The van der Waals surface area contributed by atoms with Crippen molar-refractivity contribution in [2.75, 3.05) is 42.4 Å². The predicted molar refractivity (Wildman–Crippen MR) is 86.0 cm³/mol. The average molecular weight is 312 g/mol. The number of nitrogen functional groups attached to an aromatic ring is 1. The van der Waals surface area contributed by atoms with Crippen LogP contribution < -0.4 is 16.1 Å². The molecule has 0 unspecified atom stereocenters. The molecule has 0 aromatic carbocycles. The number of nitrogens with one attached hydrogen (secondary N) is 1. The lowest BCUT2D eigenvalue weighted by atomic mass is 10.4. The van der Waals surface area contributed by atoms with Crippen molar-refractivity contribution in [1.29, 1.82) is 0 Å². The van der Waals surface area contributed by atoms with E-state index in [1.165, 1.54) is 11.0 Å². The number of fused-ring (bicyclic) bond motifs is 1. The first kappa shape index (κ1) is 13.7. The third-order valence-electron chi connectivity index (χ3n) is 3.65. The molecule has 0 spiro atoms. The lowest BCUT2D eigenvalue weighted by Gasteiger charge is -2.27. The normalized spacial score (nSPS) is 15.0. The van der Waals surface area contributed by atoms with Crippen LogP contribution in [0.2, 0.25) is 0 Å². The molecular weight excluding hydrogens is 296 g/mol. The monoisotopic (exact) mass is 312 g/mol. The summed E-state index contributed by atoms with van der Waals surface area (Å²) in [5.41, 5.74) is 2.08. The smallest absolute Gasteiger partial charge is 0.229 e. The summed E-state index contributed by atoms with van der Waals surface area (Å²) in [5, 5.41) is 3.26. The van der Waals surface area contributed by atoms with Gasteiger partial charge in [0.2, 0.25) is 5.95 Å². The number of ether oxygens (including phenoxy) is 1. The first-order chi connectivity index (χ1) is 11.3. The number of hydrogen-bond donors (Lipinski definition) is 2. The molecule has 118 valence electrons. The second-order valence-electron chi connectivity index (χ2n) is 5.16. The Morgan fingerprint density at radius 3 is 2.70 bits per heavy atom. The van der Waals surface area contributed by atoms with E-state index in [0.717, 1.165) is 18.8 Å². The molecule has 3 aromatic rings. The number of nitrogens with zero attached hydrogens (tertiary/aromatic N) is 6. The zero-order valence-electron chi connectivity index (χ0n) is 12.4. The molecule has 4 rings (SSSR count). The van der Waals surface area contributed by atoms with Crippen molar-refractivity contribution in [3.8, 4) is 0 Å². The van der Waals surface area contributed by atoms with Crippen molar-refractivity contribution in [1.82, 2.24) is 24.6 Å². The predicted octanol–water partition coefficient (Wildman–Crippen LogP) is 0.515. The number of rotatable bonds is 3.